The molecule has 1 aliphatic rings. The number of anilines is 1. The number of carbonyl (C=O) groups is 1. The van der Waals surface area contributed by atoms with Gasteiger partial charge in [0.25, 0.3) is 5.91 Å². The third-order valence-electron chi connectivity index (χ3n) is 3.17. The molecule has 2 N–H and O–H groups in total. The van der Waals surface area contributed by atoms with E-state index in [0.717, 1.165) is 12.4 Å². The van der Waals surface area contributed by atoms with Crippen LogP contribution >= 0.6 is 0 Å². The summed E-state index contributed by atoms with van der Waals surface area (Å²) in [7, 11) is 1.82. The predicted octanol–water partition coefficient (Wildman–Crippen LogP) is -0.145. The zero-order valence-electron chi connectivity index (χ0n) is 10.1. The molecular formula is C11H14N6O. The van der Waals surface area contributed by atoms with Gasteiger partial charge in [0.15, 0.2) is 5.82 Å². The van der Waals surface area contributed by atoms with E-state index in [4.69, 9.17) is 5.73 Å². The topological polar surface area (TPSA) is 82.0 Å². The Kier molecular flexibility index (Phi) is 2.32. The highest BCUT2D eigenvalue weighted by Gasteiger charge is 2.24. The molecule has 0 aromatic carbocycles. The lowest BCUT2D eigenvalue weighted by atomic mass is 10.3. The Morgan fingerprint density at radius 2 is 2.28 bits per heavy atom. The van der Waals surface area contributed by atoms with Gasteiger partial charge >= 0.3 is 0 Å². The van der Waals surface area contributed by atoms with Gasteiger partial charge in [-0.3, -0.25) is 4.79 Å². The number of nitrogens with two attached hydrogens (primary N) is 1. The van der Waals surface area contributed by atoms with Crippen LogP contribution in [0.1, 0.15) is 16.3 Å². The summed E-state index contributed by atoms with van der Waals surface area (Å²) in [5.41, 5.74) is 6.88. The highest BCUT2D eigenvalue weighted by atomic mass is 16.2. The zero-order valence-corrected chi connectivity index (χ0v) is 10.1. The third kappa shape index (κ3) is 1.64. The molecule has 2 aromatic rings. The molecule has 7 heteroatoms. The molecule has 0 fully saturated rings. The summed E-state index contributed by atoms with van der Waals surface area (Å²) in [6.07, 6.45) is 3.43. The Bertz CT molecular complexity index is 598. The third-order valence-corrected chi connectivity index (χ3v) is 3.17. The average molecular weight is 246 g/mol. The van der Waals surface area contributed by atoms with Gasteiger partial charge in [0.05, 0.1) is 12.2 Å². The summed E-state index contributed by atoms with van der Waals surface area (Å²) in [5, 5.41) is 7.84. The number of hydrogen-bond donors (Lipinski definition) is 1. The van der Waals surface area contributed by atoms with Crippen molar-refractivity contribution in [2.75, 3.05) is 12.3 Å². The van der Waals surface area contributed by atoms with Crippen LogP contribution in [0.25, 0.3) is 0 Å². The van der Waals surface area contributed by atoms with Crippen LogP contribution in [0, 0.1) is 0 Å². The maximum atomic E-state index is 12.4. The van der Waals surface area contributed by atoms with E-state index in [-0.39, 0.29) is 5.91 Å². The second-order valence-electron chi connectivity index (χ2n) is 4.44. The number of fused-ring (bicyclic) bond motifs is 1. The summed E-state index contributed by atoms with van der Waals surface area (Å²) in [6, 6.07) is 1.70. The molecule has 0 unspecified atom stereocenters. The van der Waals surface area contributed by atoms with Crippen molar-refractivity contribution in [3.05, 3.63) is 30.1 Å². The van der Waals surface area contributed by atoms with Crippen molar-refractivity contribution in [2.45, 2.75) is 13.1 Å². The minimum atomic E-state index is -0.0246. The van der Waals surface area contributed by atoms with E-state index in [9.17, 15) is 4.79 Å². The summed E-state index contributed by atoms with van der Waals surface area (Å²) in [5.74, 6) is 0.792. The number of nitrogens with zero attached hydrogens (tertiary/aromatic N) is 5. The van der Waals surface area contributed by atoms with Crippen molar-refractivity contribution < 1.29 is 4.79 Å². The minimum absolute atomic E-state index is 0.0246. The second-order valence-corrected chi connectivity index (χ2v) is 4.44. The van der Waals surface area contributed by atoms with E-state index in [1.165, 1.54) is 0 Å². The maximum absolute atomic E-state index is 12.4. The molecule has 0 saturated heterocycles. The molecule has 0 spiro atoms. The van der Waals surface area contributed by atoms with E-state index in [0.29, 0.717) is 24.5 Å². The number of amides is 1. The number of rotatable bonds is 1. The molecule has 94 valence electrons. The van der Waals surface area contributed by atoms with Crippen LogP contribution in [-0.2, 0) is 20.1 Å². The smallest absolute Gasteiger partial charge is 0.271 e. The SMILES string of the molecule is Cn1cc(N)cc1C(=O)N1CCn2cnnc2C1. The number of nitrogen functional groups attached to an aromatic ring is 1. The van der Waals surface area contributed by atoms with Crippen LogP contribution in [0.5, 0.6) is 0 Å². The van der Waals surface area contributed by atoms with Crippen molar-refractivity contribution in [3.63, 3.8) is 0 Å². The van der Waals surface area contributed by atoms with Crippen LogP contribution in [-0.4, -0.2) is 36.7 Å². The lowest BCUT2D eigenvalue weighted by Gasteiger charge is -2.27. The van der Waals surface area contributed by atoms with Gasteiger partial charge < -0.3 is 19.8 Å². The second kappa shape index (κ2) is 3.86. The number of carbonyl (C=O) groups excluding carboxylic acids is 1. The van der Waals surface area contributed by atoms with Gasteiger partial charge in [-0.1, -0.05) is 0 Å². The van der Waals surface area contributed by atoms with Gasteiger partial charge in [-0.2, -0.15) is 0 Å². The summed E-state index contributed by atoms with van der Waals surface area (Å²) < 4.78 is 3.71. The van der Waals surface area contributed by atoms with E-state index in [2.05, 4.69) is 10.2 Å². The first kappa shape index (κ1) is 10.8. The average Bonchev–Trinajstić information content (AvgIpc) is 2.93. The highest BCUT2D eigenvalue weighted by Crippen LogP contribution is 2.15. The zero-order chi connectivity index (χ0) is 12.7. The van der Waals surface area contributed by atoms with Crippen molar-refractivity contribution in [1.82, 2.24) is 24.2 Å². The first-order valence-electron chi connectivity index (χ1n) is 5.73. The van der Waals surface area contributed by atoms with Gasteiger partial charge in [-0.05, 0) is 6.07 Å². The van der Waals surface area contributed by atoms with Crippen molar-refractivity contribution in [2.24, 2.45) is 7.05 Å². The Labute approximate surface area is 104 Å². The fourth-order valence-electron chi connectivity index (χ4n) is 2.20. The highest BCUT2D eigenvalue weighted by molar-refractivity contribution is 5.93. The molecule has 18 heavy (non-hydrogen) atoms. The van der Waals surface area contributed by atoms with Crippen molar-refractivity contribution in [1.29, 1.82) is 0 Å². The largest absolute Gasteiger partial charge is 0.397 e. The Hall–Kier alpha value is -2.31. The number of hydrogen-bond acceptors (Lipinski definition) is 4. The Balaban J connectivity index is 1.85. The normalized spacial score (nSPS) is 14.6. The molecule has 0 radical (unpaired) electrons. The van der Waals surface area contributed by atoms with Crippen LogP contribution in [0.4, 0.5) is 5.69 Å². The molecule has 3 heterocycles. The molecule has 1 amide bonds. The van der Waals surface area contributed by atoms with Crippen LogP contribution < -0.4 is 5.73 Å². The van der Waals surface area contributed by atoms with E-state index in [1.807, 2.05) is 11.6 Å². The van der Waals surface area contributed by atoms with E-state index in [1.54, 1.807) is 28.1 Å². The fraction of sp³-hybridized carbons (Fsp3) is 0.364. The van der Waals surface area contributed by atoms with Crippen molar-refractivity contribution in [3.8, 4) is 0 Å². The number of aryl methyl sites for hydroxylation is 1. The molecular weight excluding hydrogens is 232 g/mol. The van der Waals surface area contributed by atoms with Crippen LogP contribution in [0.2, 0.25) is 0 Å². The van der Waals surface area contributed by atoms with Crippen LogP contribution in [0.15, 0.2) is 18.6 Å². The number of aromatic nitrogens is 4. The van der Waals surface area contributed by atoms with Gasteiger partial charge in [0.2, 0.25) is 0 Å². The molecule has 0 bridgehead atoms. The van der Waals surface area contributed by atoms with Crippen molar-refractivity contribution >= 4 is 11.6 Å². The summed E-state index contributed by atoms with van der Waals surface area (Å²) in [4.78, 5) is 14.1. The lowest BCUT2D eigenvalue weighted by Crippen LogP contribution is -2.38. The van der Waals surface area contributed by atoms with Crippen LogP contribution in [0.3, 0.4) is 0 Å². The van der Waals surface area contributed by atoms with Gasteiger partial charge in [-0.25, -0.2) is 0 Å². The predicted molar refractivity (Wildman–Crippen MR) is 64.6 cm³/mol. The molecule has 0 aliphatic carbocycles. The molecule has 0 atom stereocenters. The monoisotopic (exact) mass is 246 g/mol. The maximum Gasteiger partial charge on any atom is 0.271 e. The first-order chi connectivity index (χ1) is 8.65. The molecule has 0 saturated carbocycles. The summed E-state index contributed by atoms with van der Waals surface area (Å²) >= 11 is 0. The van der Waals surface area contributed by atoms with Gasteiger partial charge in [-0.15, -0.1) is 10.2 Å². The Morgan fingerprint density at radius 1 is 1.44 bits per heavy atom. The quantitative estimate of drug-likeness (QED) is 0.759. The van der Waals surface area contributed by atoms with E-state index < -0.39 is 0 Å². The molecule has 3 rings (SSSR count). The van der Waals surface area contributed by atoms with E-state index >= 15 is 0 Å². The summed E-state index contributed by atoms with van der Waals surface area (Å²) in [6.45, 7) is 1.88. The standard InChI is InChI=1S/C11H14N6O/c1-15-5-8(12)4-9(15)11(18)16-2-3-17-7-13-14-10(17)6-16/h4-5,7H,2-3,6,12H2,1H3. The van der Waals surface area contributed by atoms with Gasteiger partial charge in [0, 0.05) is 26.3 Å². The Morgan fingerprint density at radius 3 is 3.00 bits per heavy atom. The molecule has 1 aliphatic heterocycles. The minimum Gasteiger partial charge on any atom is -0.397 e. The lowest BCUT2D eigenvalue weighted by molar-refractivity contribution is 0.0698. The first-order valence-corrected chi connectivity index (χ1v) is 5.73. The van der Waals surface area contributed by atoms with Gasteiger partial charge in [0.1, 0.15) is 12.0 Å². The fourth-order valence-corrected chi connectivity index (χ4v) is 2.20. The molecule has 7 nitrogen and oxygen atoms in total. The molecule has 2 aromatic heterocycles.